The van der Waals surface area contributed by atoms with Crippen LogP contribution in [0.25, 0.3) is 0 Å². The van der Waals surface area contributed by atoms with Crippen LogP contribution in [-0.2, 0) is 0 Å². The summed E-state index contributed by atoms with van der Waals surface area (Å²) in [6.07, 6.45) is 0. The van der Waals surface area contributed by atoms with Crippen molar-refractivity contribution in [3.8, 4) is 0 Å². The van der Waals surface area contributed by atoms with Crippen LogP contribution in [0.2, 0.25) is 0 Å². The predicted octanol–water partition coefficient (Wildman–Crippen LogP) is 1.91. The van der Waals surface area contributed by atoms with Gasteiger partial charge in [-0.1, -0.05) is 18.2 Å². The van der Waals surface area contributed by atoms with E-state index in [4.69, 9.17) is 0 Å². The number of carbonyl (C=O) groups excluding carboxylic acids is 2. The average molecular weight is 289 g/mol. The molecule has 114 valence electrons. The van der Waals surface area contributed by atoms with Crippen molar-refractivity contribution in [2.24, 2.45) is 0 Å². The smallest absolute Gasteiger partial charge is 0.320 e. The lowest BCUT2D eigenvalue weighted by Gasteiger charge is -2.37. The molecule has 0 aliphatic carbocycles. The van der Waals surface area contributed by atoms with E-state index in [1.54, 1.807) is 0 Å². The molecule has 2 rings (SSSR count). The summed E-state index contributed by atoms with van der Waals surface area (Å²) in [7, 11) is 0. The minimum Gasteiger partial charge on any atom is -0.335 e. The minimum atomic E-state index is 0.0468. The molecule has 5 nitrogen and oxygen atoms in total. The van der Waals surface area contributed by atoms with Crippen molar-refractivity contribution < 1.29 is 9.59 Å². The van der Waals surface area contributed by atoms with Crippen LogP contribution in [0.5, 0.6) is 0 Å². The van der Waals surface area contributed by atoms with Gasteiger partial charge in [0.25, 0.3) is 5.91 Å². The number of hydrogen-bond donors (Lipinski definition) is 0. The van der Waals surface area contributed by atoms with E-state index in [2.05, 4.69) is 0 Å². The Morgan fingerprint density at radius 2 is 1.48 bits per heavy atom. The van der Waals surface area contributed by atoms with Crippen molar-refractivity contribution in [2.45, 2.75) is 13.8 Å². The molecule has 5 heteroatoms. The Bertz CT molecular complexity index is 478. The summed E-state index contributed by atoms with van der Waals surface area (Å²) in [5.74, 6) is 0.0468. The van der Waals surface area contributed by atoms with Gasteiger partial charge in [-0.3, -0.25) is 4.79 Å². The van der Waals surface area contributed by atoms with E-state index in [0.717, 1.165) is 13.1 Å². The molecule has 0 saturated carbocycles. The Labute approximate surface area is 126 Å². The van der Waals surface area contributed by atoms with Gasteiger partial charge in [-0.15, -0.1) is 0 Å². The quantitative estimate of drug-likeness (QED) is 0.853. The zero-order chi connectivity index (χ0) is 15.2. The fraction of sp³-hybridized carbons (Fsp3) is 0.500. The topological polar surface area (TPSA) is 43.9 Å². The van der Waals surface area contributed by atoms with E-state index in [-0.39, 0.29) is 11.9 Å². The summed E-state index contributed by atoms with van der Waals surface area (Å²) in [6, 6.07) is 9.37. The molecule has 0 atom stereocenters. The van der Waals surface area contributed by atoms with Crippen LogP contribution in [0.15, 0.2) is 30.3 Å². The standard InChI is InChI=1S/C16H23N3O2/c1-3-17(4-2)16(21)19-12-10-18(11-13-19)15(20)14-8-6-5-7-9-14/h5-9H,3-4,10-13H2,1-2H3. The van der Waals surface area contributed by atoms with Gasteiger partial charge in [0, 0.05) is 44.8 Å². The van der Waals surface area contributed by atoms with Gasteiger partial charge in [0.15, 0.2) is 0 Å². The average Bonchev–Trinajstić information content (AvgIpc) is 2.56. The van der Waals surface area contributed by atoms with Crippen LogP contribution in [0, 0.1) is 0 Å². The molecule has 1 aliphatic rings. The third-order valence-electron chi connectivity index (χ3n) is 3.89. The van der Waals surface area contributed by atoms with Gasteiger partial charge in [0.05, 0.1) is 0 Å². The molecule has 1 aromatic rings. The summed E-state index contributed by atoms with van der Waals surface area (Å²) >= 11 is 0. The van der Waals surface area contributed by atoms with E-state index < -0.39 is 0 Å². The maximum Gasteiger partial charge on any atom is 0.320 e. The summed E-state index contributed by atoms with van der Waals surface area (Å²) in [5.41, 5.74) is 0.709. The van der Waals surface area contributed by atoms with Crippen molar-refractivity contribution in [1.29, 1.82) is 0 Å². The van der Waals surface area contributed by atoms with Gasteiger partial charge in [-0.05, 0) is 26.0 Å². The Morgan fingerprint density at radius 3 is 2.00 bits per heavy atom. The summed E-state index contributed by atoms with van der Waals surface area (Å²) in [4.78, 5) is 30.1. The summed E-state index contributed by atoms with van der Waals surface area (Å²) < 4.78 is 0. The molecule has 0 aromatic heterocycles. The predicted molar refractivity (Wildman–Crippen MR) is 82.2 cm³/mol. The number of hydrogen-bond acceptors (Lipinski definition) is 2. The molecular weight excluding hydrogens is 266 g/mol. The van der Waals surface area contributed by atoms with Gasteiger partial charge in [-0.25, -0.2) is 4.79 Å². The zero-order valence-electron chi connectivity index (χ0n) is 12.8. The van der Waals surface area contributed by atoms with Crippen molar-refractivity contribution in [2.75, 3.05) is 39.3 Å². The van der Waals surface area contributed by atoms with Crippen LogP contribution in [0.1, 0.15) is 24.2 Å². The fourth-order valence-corrected chi connectivity index (χ4v) is 2.56. The Kier molecular flexibility index (Phi) is 5.20. The van der Waals surface area contributed by atoms with Gasteiger partial charge >= 0.3 is 6.03 Å². The monoisotopic (exact) mass is 289 g/mol. The van der Waals surface area contributed by atoms with Gasteiger partial charge < -0.3 is 14.7 Å². The van der Waals surface area contributed by atoms with Crippen molar-refractivity contribution in [3.05, 3.63) is 35.9 Å². The first-order chi connectivity index (χ1) is 10.2. The number of carbonyl (C=O) groups is 2. The molecule has 1 saturated heterocycles. The van der Waals surface area contributed by atoms with Crippen LogP contribution in [0.4, 0.5) is 4.79 Å². The van der Waals surface area contributed by atoms with E-state index in [1.807, 2.05) is 58.9 Å². The molecule has 3 amide bonds. The first-order valence-electron chi connectivity index (χ1n) is 7.55. The van der Waals surface area contributed by atoms with Crippen molar-refractivity contribution in [1.82, 2.24) is 14.7 Å². The normalized spacial score (nSPS) is 15.0. The maximum atomic E-state index is 12.3. The summed E-state index contributed by atoms with van der Waals surface area (Å²) in [6.45, 7) is 7.81. The van der Waals surface area contributed by atoms with E-state index in [0.29, 0.717) is 31.7 Å². The number of nitrogens with zero attached hydrogens (tertiary/aromatic N) is 3. The first-order valence-corrected chi connectivity index (χ1v) is 7.55. The number of amides is 3. The number of benzene rings is 1. The highest BCUT2D eigenvalue weighted by molar-refractivity contribution is 5.94. The molecule has 0 unspecified atom stereocenters. The van der Waals surface area contributed by atoms with E-state index >= 15 is 0 Å². The third-order valence-corrected chi connectivity index (χ3v) is 3.89. The molecule has 1 aliphatic heterocycles. The molecule has 0 radical (unpaired) electrons. The highest BCUT2D eigenvalue weighted by atomic mass is 16.2. The first kappa shape index (κ1) is 15.4. The van der Waals surface area contributed by atoms with Gasteiger partial charge in [0.1, 0.15) is 0 Å². The second-order valence-corrected chi connectivity index (χ2v) is 5.10. The number of piperazine rings is 1. The molecule has 1 heterocycles. The largest absolute Gasteiger partial charge is 0.335 e. The fourth-order valence-electron chi connectivity index (χ4n) is 2.56. The Morgan fingerprint density at radius 1 is 0.952 bits per heavy atom. The second kappa shape index (κ2) is 7.11. The molecule has 21 heavy (non-hydrogen) atoms. The lowest BCUT2D eigenvalue weighted by Crippen LogP contribution is -2.54. The SMILES string of the molecule is CCN(CC)C(=O)N1CCN(C(=O)c2ccccc2)CC1. The lowest BCUT2D eigenvalue weighted by atomic mass is 10.2. The number of urea groups is 1. The van der Waals surface area contributed by atoms with Crippen LogP contribution >= 0.6 is 0 Å². The molecule has 1 fully saturated rings. The molecule has 1 aromatic carbocycles. The minimum absolute atomic E-state index is 0.0468. The second-order valence-electron chi connectivity index (χ2n) is 5.10. The van der Waals surface area contributed by atoms with Crippen LogP contribution in [0.3, 0.4) is 0 Å². The maximum absolute atomic E-state index is 12.3. The molecule has 0 spiro atoms. The zero-order valence-corrected chi connectivity index (χ0v) is 12.8. The Hall–Kier alpha value is -2.04. The molecule has 0 N–H and O–H groups in total. The molecular formula is C16H23N3O2. The number of rotatable bonds is 3. The van der Waals surface area contributed by atoms with Crippen LogP contribution < -0.4 is 0 Å². The van der Waals surface area contributed by atoms with E-state index in [1.165, 1.54) is 0 Å². The van der Waals surface area contributed by atoms with Crippen molar-refractivity contribution in [3.63, 3.8) is 0 Å². The Balaban J connectivity index is 1.91. The highest BCUT2D eigenvalue weighted by Crippen LogP contribution is 2.10. The third kappa shape index (κ3) is 3.54. The van der Waals surface area contributed by atoms with Gasteiger partial charge in [-0.2, -0.15) is 0 Å². The van der Waals surface area contributed by atoms with Crippen LogP contribution in [-0.4, -0.2) is 65.9 Å². The van der Waals surface area contributed by atoms with Gasteiger partial charge in [0.2, 0.25) is 0 Å². The molecule has 0 bridgehead atoms. The highest BCUT2D eigenvalue weighted by Gasteiger charge is 2.26. The van der Waals surface area contributed by atoms with E-state index in [9.17, 15) is 9.59 Å². The summed E-state index contributed by atoms with van der Waals surface area (Å²) in [5, 5.41) is 0. The lowest BCUT2D eigenvalue weighted by molar-refractivity contribution is 0.0641. The van der Waals surface area contributed by atoms with Crippen molar-refractivity contribution >= 4 is 11.9 Å².